The number of aromatic hydroxyl groups is 1. The van der Waals surface area contributed by atoms with E-state index in [0.29, 0.717) is 36.8 Å². The first-order valence-electron chi connectivity index (χ1n) is 11.9. The van der Waals surface area contributed by atoms with E-state index in [1.165, 1.54) is 24.5 Å². The molecule has 2 N–H and O–H groups in total. The van der Waals surface area contributed by atoms with Gasteiger partial charge in [-0.3, -0.25) is 0 Å². The molecule has 1 aliphatic heterocycles. The molecule has 2 heterocycles. The molecule has 3 aromatic carbocycles. The third kappa shape index (κ3) is 5.69. The first-order chi connectivity index (χ1) is 18.4. The van der Waals surface area contributed by atoms with Crippen molar-refractivity contribution in [3.63, 3.8) is 0 Å². The standard InChI is InChI=1S/C27H23Cl2FN4O4/c28-19-6-7-20(25(30)24(19)29)33-26-18-12-22(35)23(13-21(18)31-15-32-26)38-17-8-10-34(11-9-17)27(36)37-14-16-4-2-1-3-5-16/h1-7,12-13,15,17,35H,8-11,14H2,(H,31,32,33). The lowest BCUT2D eigenvalue weighted by molar-refractivity contribution is 0.0630. The molecule has 1 amide bonds. The number of benzene rings is 3. The third-order valence-corrected chi connectivity index (χ3v) is 6.98. The lowest BCUT2D eigenvalue weighted by Gasteiger charge is -2.31. The Morgan fingerprint density at radius 3 is 2.63 bits per heavy atom. The number of anilines is 2. The van der Waals surface area contributed by atoms with E-state index < -0.39 is 5.82 Å². The molecule has 0 aliphatic carbocycles. The fourth-order valence-corrected chi connectivity index (χ4v) is 4.47. The van der Waals surface area contributed by atoms with Crippen molar-refractivity contribution in [2.24, 2.45) is 0 Å². The number of halogens is 3. The average molecular weight is 557 g/mol. The lowest BCUT2D eigenvalue weighted by Crippen LogP contribution is -2.42. The minimum absolute atomic E-state index is 0.0771. The number of hydrogen-bond donors (Lipinski definition) is 2. The van der Waals surface area contributed by atoms with Gasteiger partial charge in [-0.25, -0.2) is 19.2 Å². The van der Waals surface area contributed by atoms with Crippen LogP contribution in [0.4, 0.5) is 20.7 Å². The van der Waals surface area contributed by atoms with E-state index in [0.717, 1.165) is 5.56 Å². The second-order valence-electron chi connectivity index (χ2n) is 8.75. The number of hydrogen-bond acceptors (Lipinski definition) is 7. The van der Waals surface area contributed by atoms with Crippen LogP contribution in [0.25, 0.3) is 10.9 Å². The zero-order valence-corrected chi connectivity index (χ0v) is 21.5. The Morgan fingerprint density at radius 2 is 1.87 bits per heavy atom. The summed E-state index contributed by atoms with van der Waals surface area (Å²) in [5, 5.41) is 13.9. The lowest BCUT2D eigenvalue weighted by atomic mass is 10.1. The van der Waals surface area contributed by atoms with Crippen molar-refractivity contribution in [1.82, 2.24) is 14.9 Å². The molecule has 0 atom stereocenters. The van der Waals surface area contributed by atoms with Crippen molar-refractivity contribution in [1.29, 1.82) is 0 Å². The van der Waals surface area contributed by atoms with Crippen LogP contribution in [0, 0.1) is 5.82 Å². The van der Waals surface area contributed by atoms with Crippen LogP contribution in [0.2, 0.25) is 10.0 Å². The Hall–Kier alpha value is -3.82. The van der Waals surface area contributed by atoms with Crippen molar-refractivity contribution in [2.75, 3.05) is 18.4 Å². The molecule has 0 bridgehead atoms. The highest BCUT2D eigenvalue weighted by Gasteiger charge is 2.26. The van der Waals surface area contributed by atoms with Crippen LogP contribution in [-0.4, -0.2) is 45.3 Å². The predicted octanol–water partition coefficient (Wildman–Crippen LogP) is 6.70. The maximum Gasteiger partial charge on any atom is 0.410 e. The molecule has 1 aromatic heterocycles. The zero-order valence-electron chi connectivity index (χ0n) is 20.0. The highest BCUT2D eigenvalue weighted by molar-refractivity contribution is 6.42. The van der Waals surface area contributed by atoms with Gasteiger partial charge in [0.25, 0.3) is 0 Å². The monoisotopic (exact) mass is 556 g/mol. The van der Waals surface area contributed by atoms with E-state index in [-0.39, 0.29) is 51.9 Å². The summed E-state index contributed by atoms with van der Waals surface area (Å²) in [6.45, 7) is 1.16. The molecule has 1 aliphatic rings. The number of rotatable bonds is 6. The Morgan fingerprint density at radius 1 is 1.11 bits per heavy atom. The van der Waals surface area contributed by atoms with E-state index in [1.54, 1.807) is 11.0 Å². The van der Waals surface area contributed by atoms with Gasteiger partial charge in [0.15, 0.2) is 17.3 Å². The number of carbonyl (C=O) groups excluding carboxylic acids is 1. The first kappa shape index (κ1) is 25.8. The minimum Gasteiger partial charge on any atom is -0.504 e. The molecule has 1 saturated heterocycles. The molecule has 196 valence electrons. The number of phenols is 1. The summed E-state index contributed by atoms with van der Waals surface area (Å²) in [6, 6.07) is 15.5. The van der Waals surface area contributed by atoms with E-state index in [4.69, 9.17) is 32.7 Å². The van der Waals surface area contributed by atoms with Crippen molar-refractivity contribution in [2.45, 2.75) is 25.6 Å². The second-order valence-corrected chi connectivity index (χ2v) is 9.54. The molecular weight excluding hydrogens is 534 g/mol. The molecule has 0 saturated carbocycles. The number of nitrogens with zero attached hydrogens (tertiary/aromatic N) is 3. The number of ether oxygens (including phenoxy) is 2. The highest BCUT2D eigenvalue weighted by Crippen LogP contribution is 2.37. The number of nitrogens with one attached hydrogen (secondary N) is 1. The predicted molar refractivity (Wildman–Crippen MR) is 143 cm³/mol. The van der Waals surface area contributed by atoms with Crippen molar-refractivity contribution < 1.29 is 23.8 Å². The highest BCUT2D eigenvalue weighted by atomic mass is 35.5. The van der Waals surface area contributed by atoms with Gasteiger partial charge in [-0.15, -0.1) is 0 Å². The van der Waals surface area contributed by atoms with Crippen LogP contribution in [-0.2, 0) is 11.3 Å². The van der Waals surface area contributed by atoms with E-state index in [1.807, 2.05) is 30.3 Å². The largest absolute Gasteiger partial charge is 0.504 e. The van der Waals surface area contributed by atoms with E-state index in [2.05, 4.69) is 15.3 Å². The van der Waals surface area contributed by atoms with Gasteiger partial charge in [0.05, 0.1) is 21.2 Å². The molecule has 0 spiro atoms. The van der Waals surface area contributed by atoms with Crippen LogP contribution in [0.5, 0.6) is 11.5 Å². The molecule has 8 nitrogen and oxygen atoms in total. The minimum atomic E-state index is -0.717. The maximum absolute atomic E-state index is 14.5. The van der Waals surface area contributed by atoms with E-state index in [9.17, 15) is 14.3 Å². The van der Waals surface area contributed by atoms with E-state index >= 15 is 0 Å². The van der Waals surface area contributed by atoms with Crippen molar-refractivity contribution in [3.05, 3.63) is 82.4 Å². The van der Waals surface area contributed by atoms with Crippen LogP contribution in [0.3, 0.4) is 0 Å². The normalized spacial score (nSPS) is 13.9. The Bertz CT molecular complexity index is 1470. The van der Waals surface area contributed by atoms with Gasteiger partial charge in [-0.1, -0.05) is 53.5 Å². The van der Waals surface area contributed by atoms with Crippen molar-refractivity contribution >= 4 is 51.7 Å². The SMILES string of the molecule is O=C(OCc1ccccc1)N1CCC(Oc2cc3ncnc(Nc4ccc(Cl)c(Cl)c4F)c3cc2O)CC1. The number of piperidine rings is 1. The number of phenolic OH excluding ortho intramolecular Hbond substituents is 1. The number of amides is 1. The van der Waals surface area contributed by atoms with Gasteiger partial charge < -0.3 is 24.8 Å². The Kier molecular flexibility index (Phi) is 7.67. The zero-order chi connectivity index (χ0) is 26.6. The molecular formula is C27H23Cl2FN4O4. The number of aromatic nitrogens is 2. The smallest absolute Gasteiger partial charge is 0.410 e. The van der Waals surface area contributed by atoms with Gasteiger partial charge >= 0.3 is 6.09 Å². The molecule has 11 heteroatoms. The molecule has 0 unspecified atom stereocenters. The fourth-order valence-electron chi connectivity index (χ4n) is 4.16. The van der Waals surface area contributed by atoms with Gasteiger partial charge in [0.2, 0.25) is 0 Å². The second kappa shape index (κ2) is 11.3. The topological polar surface area (TPSA) is 96.8 Å². The summed E-state index contributed by atoms with van der Waals surface area (Å²) in [4.78, 5) is 22.5. The first-order valence-corrected chi connectivity index (χ1v) is 12.6. The summed E-state index contributed by atoms with van der Waals surface area (Å²) in [7, 11) is 0. The quantitative estimate of drug-likeness (QED) is 0.255. The van der Waals surface area contributed by atoms with Gasteiger partial charge in [0, 0.05) is 37.4 Å². The summed E-state index contributed by atoms with van der Waals surface area (Å²) < 4.78 is 26.0. The Balaban J connectivity index is 1.23. The van der Waals surface area contributed by atoms with Crippen molar-refractivity contribution in [3.8, 4) is 11.5 Å². The number of likely N-dealkylation sites (tertiary alicyclic amines) is 1. The molecule has 38 heavy (non-hydrogen) atoms. The molecule has 1 fully saturated rings. The summed E-state index contributed by atoms with van der Waals surface area (Å²) >= 11 is 11.8. The fraction of sp³-hybridized carbons (Fsp3) is 0.222. The van der Waals surface area contributed by atoms with Crippen LogP contribution in [0.15, 0.2) is 60.9 Å². The molecule has 5 rings (SSSR count). The average Bonchev–Trinajstić information content (AvgIpc) is 2.94. The summed E-state index contributed by atoms with van der Waals surface area (Å²) in [5.41, 5.74) is 1.49. The molecule has 0 radical (unpaired) electrons. The van der Waals surface area contributed by atoms with Crippen LogP contribution >= 0.6 is 23.2 Å². The van der Waals surface area contributed by atoms with Crippen LogP contribution in [0.1, 0.15) is 18.4 Å². The molecule has 4 aromatic rings. The third-order valence-electron chi connectivity index (χ3n) is 6.20. The van der Waals surface area contributed by atoms with Gasteiger partial charge in [-0.05, 0) is 23.8 Å². The summed E-state index contributed by atoms with van der Waals surface area (Å²) in [6.07, 6.45) is 1.90. The summed E-state index contributed by atoms with van der Waals surface area (Å²) in [5.74, 6) is -0.301. The van der Waals surface area contributed by atoms with Gasteiger partial charge in [-0.2, -0.15) is 0 Å². The number of fused-ring (bicyclic) bond motifs is 1. The van der Waals surface area contributed by atoms with Gasteiger partial charge in [0.1, 0.15) is 24.9 Å². The Labute approximate surface area is 227 Å². The number of carbonyl (C=O) groups is 1. The maximum atomic E-state index is 14.5. The van der Waals surface area contributed by atoms with Crippen LogP contribution < -0.4 is 10.1 Å².